The fourth-order valence-corrected chi connectivity index (χ4v) is 7.45. The average molecular weight is 682 g/mol. The summed E-state index contributed by atoms with van der Waals surface area (Å²) in [6.07, 6.45) is 0. The van der Waals surface area contributed by atoms with Crippen molar-refractivity contribution in [3.63, 3.8) is 0 Å². The fourth-order valence-electron chi connectivity index (χ4n) is 7.45. The third-order valence-corrected chi connectivity index (χ3v) is 9.97. The first-order valence-electron chi connectivity index (χ1n) is 21.6. The number of rotatable bonds is 6. The maximum Gasteiger partial charge on any atom is 0.0645 e. The molecular weight excluding hydrogens is 639 g/mol. The summed E-state index contributed by atoms with van der Waals surface area (Å²) in [5, 5.41) is 7.17. The molecule has 10 rings (SSSR count). The summed E-state index contributed by atoms with van der Waals surface area (Å²) in [6.45, 7) is 0. The van der Waals surface area contributed by atoms with Crippen molar-refractivity contribution in [2.24, 2.45) is 0 Å². The molecule has 0 bridgehead atoms. The summed E-state index contributed by atoms with van der Waals surface area (Å²) in [5.41, 5.74) is 3.12. The van der Waals surface area contributed by atoms with E-state index in [2.05, 4.69) is 0 Å². The molecule has 0 saturated carbocycles. The summed E-state index contributed by atoms with van der Waals surface area (Å²) < 4.78 is 76.7. The molecule has 248 valence electrons. The second kappa shape index (κ2) is 13.0. The first-order valence-corrected chi connectivity index (χ1v) is 17.6. The normalized spacial score (nSPS) is 13.5. The van der Waals surface area contributed by atoms with Gasteiger partial charge in [-0.15, -0.1) is 0 Å². The van der Waals surface area contributed by atoms with Crippen LogP contribution >= 0.6 is 0 Å². The lowest BCUT2D eigenvalue weighted by atomic mass is 9.93. The van der Waals surface area contributed by atoms with Crippen LogP contribution in [0.25, 0.3) is 76.5 Å². The van der Waals surface area contributed by atoms with E-state index in [0.29, 0.717) is 22.2 Å². The molecule has 0 atom stereocenters. The van der Waals surface area contributed by atoms with E-state index in [1.165, 1.54) is 4.90 Å². The highest BCUT2D eigenvalue weighted by Gasteiger charge is 2.17. The quantitative estimate of drug-likeness (QED) is 0.158. The van der Waals surface area contributed by atoms with Gasteiger partial charge in [0.25, 0.3) is 0 Å². The monoisotopic (exact) mass is 681 g/mol. The van der Waals surface area contributed by atoms with Crippen molar-refractivity contribution in [2.45, 2.75) is 0 Å². The summed E-state index contributed by atoms with van der Waals surface area (Å²) in [7, 11) is 0. The molecule has 0 saturated heterocycles. The zero-order valence-electron chi connectivity index (χ0n) is 36.5. The number of nitrogens with zero attached hydrogens (tertiary/aromatic N) is 1. The van der Waals surface area contributed by atoms with E-state index in [1.807, 2.05) is 146 Å². The summed E-state index contributed by atoms with van der Waals surface area (Å²) in [4.78, 5) is 1.39. The van der Waals surface area contributed by atoms with E-state index in [1.54, 1.807) is 18.2 Å². The minimum Gasteiger partial charge on any atom is -0.310 e. The van der Waals surface area contributed by atoms with Crippen LogP contribution in [0.5, 0.6) is 0 Å². The molecule has 0 N–H and O–H groups in total. The molecule has 1 nitrogen and oxygen atoms in total. The third-order valence-electron chi connectivity index (χ3n) is 9.97. The Morgan fingerprint density at radius 2 is 0.811 bits per heavy atom. The summed E-state index contributed by atoms with van der Waals surface area (Å²) in [6, 6.07) is 49.3. The Balaban J connectivity index is 1.22. The van der Waals surface area contributed by atoms with Crippen molar-refractivity contribution < 1.29 is 11.0 Å². The van der Waals surface area contributed by atoms with Crippen molar-refractivity contribution in [3.8, 4) is 33.4 Å². The molecule has 53 heavy (non-hydrogen) atoms. The van der Waals surface area contributed by atoms with Gasteiger partial charge in [-0.2, -0.15) is 0 Å². The highest BCUT2D eigenvalue weighted by molar-refractivity contribution is 6.14. The maximum atomic E-state index is 9.67. The Labute approximate surface area is 320 Å². The van der Waals surface area contributed by atoms with Crippen LogP contribution in [0.3, 0.4) is 0 Å². The zero-order chi connectivity index (χ0) is 42.1. The smallest absolute Gasteiger partial charge is 0.0645 e. The van der Waals surface area contributed by atoms with E-state index in [9.17, 15) is 11.0 Å². The van der Waals surface area contributed by atoms with Gasteiger partial charge in [0.05, 0.1) is 16.7 Å². The van der Waals surface area contributed by atoms with Crippen molar-refractivity contribution in [3.05, 3.63) is 212 Å². The fraction of sp³-hybridized carbons (Fsp3) is 0. The molecule has 0 radical (unpaired) electrons. The molecule has 1 heteroatoms. The molecule has 0 aliphatic rings. The van der Waals surface area contributed by atoms with E-state index in [-0.39, 0.29) is 70.8 Å². The molecule has 10 aromatic carbocycles. The molecule has 0 aromatic heterocycles. The van der Waals surface area contributed by atoms with Gasteiger partial charge in [-0.3, -0.25) is 0 Å². The van der Waals surface area contributed by atoms with Crippen LogP contribution in [-0.2, 0) is 0 Å². The third kappa shape index (κ3) is 5.51. The largest absolute Gasteiger partial charge is 0.310 e. The Morgan fingerprint density at radius 3 is 1.55 bits per heavy atom. The van der Waals surface area contributed by atoms with Crippen LogP contribution in [-0.4, -0.2) is 0 Å². The van der Waals surface area contributed by atoms with Gasteiger partial charge >= 0.3 is 0 Å². The highest BCUT2D eigenvalue weighted by atomic mass is 15.1. The predicted molar refractivity (Wildman–Crippen MR) is 227 cm³/mol. The van der Waals surface area contributed by atoms with E-state index in [0.717, 1.165) is 48.8 Å². The molecular formula is C52H35N. The van der Waals surface area contributed by atoms with Gasteiger partial charge in [-0.25, -0.2) is 0 Å². The number of hydrogen-bond donors (Lipinski definition) is 0. The second-order valence-corrected chi connectivity index (χ2v) is 13.1. The lowest BCUT2D eigenvalue weighted by Crippen LogP contribution is -2.10. The SMILES string of the molecule is [2H]c1c([2H])c(N(c2c([2H])c([2H])c(-c3cc4ccccc4c4ccccc34)c([2H])c2[2H])c2cccc3ccccc23)c([2H])c([2H])c1-c1cccc(-c2cccc3ccccc23)c1. The van der Waals surface area contributed by atoms with Crippen LogP contribution in [0.1, 0.15) is 11.0 Å². The molecule has 0 unspecified atom stereocenters. The Bertz CT molecular complexity index is 3370. The van der Waals surface area contributed by atoms with Gasteiger partial charge < -0.3 is 4.90 Å². The van der Waals surface area contributed by atoms with Gasteiger partial charge in [0, 0.05) is 16.8 Å². The van der Waals surface area contributed by atoms with Gasteiger partial charge in [0.2, 0.25) is 0 Å². The Hall–Kier alpha value is -6.96. The minimum absolute atomic E-state index is 0.108. The maximum absolute atomic E-state index is 9.67. The van der Waals surface area contributed by atoms with Gasteiger partial charge in [-0.1, -0.05) is 170 Å². The number of fused-ring (bicyclic) bond motifs is 5. The Morgan fingerprint density at radius 1 is 0.302 bits per heavy atom. The zero-order valence-corrected chi connectivity index (χ0v) is 28.5. The molecule has 0 aliphatic heterocycles. The van der Waals surface area contributed by atoms with E-state index in [4.69, 9.17) is 0 Å². The lowest BCUT2D eigenvalue weighted by molar-refractivity contribution is 1.30. The average Bonchev–Trinajstić information content (AvgIpc) is 3.29. The summed E-state index contributed by atoms with van der Waals surface area (Å²) in [5.74, 6) is 0. The molecule has 0 amide bonds. The van der Waals surface area contributed by atoms with Crippen molar-refractivity contribution in [1.82, 2.24) is 0 Å². The molecule has 0 aliphatic carbocycles. The van der Waals surface area contributed by atoms with Crippen molar-refractivity contribution in [1.29, 1.82) is 0 Å². The molecule has 0 fully saturated rings. The second-order valence-electron chi connectivity index (χ2n) is 13.1. The standard InChI is InChI=1S/C52H35N/c1-4-19-45-37(12-1)15-10-24-46(45)41-18-9-17-40(34-41)36-26-30-43(31-27-36)53(52-25-11-16-38-13-2-6-21-48(38)52)44-32-28-39(29-33-44)51-35-42-14-3-5-20-47(42)49-22-7-8-23-50(49)51/h1-35H/i26D,27D,28D,29D,30D,31D,32D,33D. The Kier molecular flexibility index (Phi) is 5.76. The number of hydrogen-bond acceptors (Lipinski definition) is 1. The van der Waals surface area contributed by atoms with Crippen molar-refractivity contribution in [2.75, 3.05) is 4.90 Å². The summed E-state index contributed by atoms with van der Waals surface area (Å²) >= 11 is 0. The topological polar surface area (TPSA) is 3.24 Å². The van der Waals surface area contributed by atoms with Gasteiger partial charge in [0.1, 0.15) is 0 Å². The highest BCUT2D eigenvalue weighted by Crippen LogP contribution is 2.42. The van der Waals surface area contributed by atoms with Crippen molar-refractivity contribution >= 4 is 60.2 Å². The number of benzene rings is 10. The van der Waals surface area contributed by atoms with Crippen LogP contribution in [0, 0.1) is 0 Å². The van der Waals surface area contributed by atoms with Crippen LogP contribution < -0.4 is 4.90 Å². The van der Waals surface area contributed by atoms with Gasteiger partial charge in [0.15, 0.2) is 0 Å². The van der Waals surface area contributed by atoms with E-state index < -0.39 is 0 Å². The minimum atomic E-state index is -0.388. The van der Waals surface area contributed by atoms with Crippen LogP contribution in [0.4, 0.5) is 17.1 Å². The lowest BCUT2D eigenvalue weighted by Gasteiger charge is -2.27. The molecule has 0 spiro atoms. The molecule has 0 heterocycles. The number of anilines is 3. The predicted octanol–water partition coefficient (Wildman–Crippen LogP) is 14.8. The van der Waals surface area contributed by atoms with Crippen LogP contribution in [0.2, 0.25) is 0 Å². The van der Waals surface area contributed by atoms with Gasteiger partial charge in [-0.05, 0) is 113 Å². The molecule has 10 aromatic rings. The first kappa shape index (κ1) is 23.5. The first-order chi connectivity index (χ1) is 29.6. The van der Waals surface area contributed by atoms with E-state index >= 15 is 0 Å². The van der Waals surface area contributed by atoms with Crippen LogP contribution in [0.15, 0.2) is 212 Å².